The normalized spacial score (nSPS) is 16.6. The maximum absolute atomic E-state index is 11.2. The topological polar surface area (TPSA) is 72.2 Å². The summed E-state index contributed by atoms with van der Waals surface area (Å²) in [6.45, 7) is 0. The maximum atomic E-state index is 11.2. The smallest absolute Gasteiger partial charge is 0.293 e. The van der Waals surface area contributed by atoms with Gasteiger partial charge >= 0.3 is 0 Å². The lowest BCUT2D eigenvalue weighted by atomic mass is 9.87. The molecule has 1 N–H and O–H groups in total. The zero-order valence-electron chi connectivity index (χ0n) is 12.0. The predicted molar refractivity (Wildman–Crippen MR) is 84.2 cm³/mol. The highest BCUT2D eigenvalue weighted by Crippen LogP contribution is 2.35. The molecular formula is C17H16N2O3. The molecule has 0 heterocycles. The van der Waals surface area contributed by atoms with Crippen LogP contribution in [0.15, 0.2) is 42.5 Å². The van der Waals surface area contributed by atoms with Gasteiger partial charge in [0.15, 0.2) is 0 Å². The first kappa shape index (κ1) is 14.3. The van der Waals surface area contributed by atoms with Crippen molar-refractivity contribution in [2.24, 2.45) is 0 Å². The number of fused-ring (bicyclic) bond motifs is 1. The zero-order valence-corrected chi connectivity index (χ0v) is 12.0. The molecule has 112 valence electrons. The van der Waals surface area contributed by atoms with Crippen LogP contribution in [0.3, 0.4) is 0 Å². The van der Waals surface area contributed by atoms with Gasteiger partial charge in [-0.2, -0.15) is 0 Å². The minimum atomic E-state index is -0.454. The van der Waals surface area contributed by atoms with Crippen molar-refractivity contribution >= 4 is 17.7 Å². The number of anilines is 1. The summed E-state index contributed by atoms with van der Waals surface area (Å²) < 4.78 is 0. The summed E-state index contributed by atoms with van der Waals surface area (Å²) in [7, 11) is 0. The second kappa shape index (κ2) is 5.97. The molecule has 5 heteroatoms. The lowest BCUT2D eigenvalue weighted by molar-refractivity contribution is -0.384. The monoisotopic (exact) mass is 296 g/mol. The first-order valence-electron chi connectivity index (χ1n) is 7.27. The summed E-state index contributed by atoms with van der Waals surface area (Å²) in [4.78, 5) is 21.6. The molecular weight excluding hydrogens is 280 g/mol. The van der Waals surface area contributed by atoms with Gasteiger partial charge in [0.25, 0.3) is 5.69 Å². The average Bonchev–Trinajstić information content (AvgIpc) is 2.55. The Morgan fingerprint density at radius 2 is 2.05 bits per heavy atom. The van der Waals surface area contributed by atoms with Crippen LogP contribution in [0, 0.1) is 10.1 Å². The van der Waals surface area contributed by atoms with Gasteiger partial charge in [-0.3, -0.25) is 14.9 Å². The van der Waals surface area contributed by atoms with Gasteiger partial charge in [-0.1, -0.05) is 24.3 Å². The van der Waals surface area contributed by atoms with Crippen LogP contribution >= 0.6 is 0 Å². The van der Waals surface area contributed by atoms with E-state index in [1.807, 2.05) is 12.1 Å². The van der Waals surface area contributed by atoms with Gasteiger partial charge in [-0.25, -0.2) is 0 Å². The van der Waals surface area contributed by atoms with Crippen molar-refractivity contribution in [3.05, 3.63) is 69.3 Å². The molecule has 0 bridgehead atoms. The van der Waals surface area contributed by atoms with Crippen LogP contribution in [0.5, 0.6) is 0 Å². The lowest BCUT2D eigenvalue weighted by Gasteiger charge is -2.27. The number of nitro benzene ring substituents is 1. The number of benzene rings is 2. The zero-order chi connectivity index (χ0) is 15.5. The minimum Gasteiger partial charge on any atom is -0.373 e. The van der Waals surface area contributed by atoms with Crippen LogP contribution < -0.4 is 5.32 Å². The second-order valence-electron chi connectivity index (χ2n) is 5.44. The van der Waals surface area contributed by atoms with E-state index in [4.69, 9.17) is 0 Å². The number of nitrogens with one attached hydrogen (secondary N) is 1. The molecule has 1 atom stereocenters. The van der Waals surface area contributed by atoms with E-state index in [-0.39, 0.29) is 11.7 Å². The van der Waals surface area contributed by atoms with Crippen LogP contribution in [0.1, 0.15) is 40.4 Å². The van der Waals surface area contributed by atoms with Crippen LogP contribution in [0.4, 0.5) is 11.4 Å². The molecule has 0 spiro atoms. The number of nitrogens with zero attached hydrogens (tertiary/aromatic N) is 1. The third-order valence-electron chi connectivity index (χ3n) is 4.05. The predicted octanol–water partition coefficient (Wildman–Crippen LogP) is 3.90. The fourth-order valence-electron chi connectivity index (χ4n) is 2.99. The summed E-state index contributed by atoms with van der Waals surface area (Å²) in [5.41, 5.74) is 3.19. The molecule has 22 heavy (non-hydrogen) atoms. The van der Waals surface area contributed by atoms with Crippen LogP contribution in [0.2, 0.25) is 0 Å². The number of nitro groups is 1. The molecule has 0 radical (unpaired) electrons. The quantitative estimate of drug-likeness (QED) is 0.527. The van der Waals surface area contributed by atoms with Crippen LogP contribution in [-0.2, 0) is 6.42 Å². The number of aldehydes is 1. The summed E-state index contributed by atoms with van der Waals surface area (Å²) >= 11 is 0. The Morgan fingerprint density at radius 1 is 1.23 bits per heavy atom. The fraction of sp³-hybridized carbons (Fsp3) is 0.235. The first-order chi connectivity index (χ1) is 10.7. The maximum Gasteiger partial charge on any atom is 0.293 e. The Morgan fingerprint density at radius 3 is 2.82 bits per heavy atom. The van der Waals surface area contributed by atoms with Crippen molar-refractivity contribution in [2.45, 2.75) is 25.3 Å². The van der Waals surface area contributed by atoms with Crippen LogP contribution in [0.25, 0.3) is 0 Å². The van der Waals surface area contributed by atoms with E-state index in [0.717, 1.165) is 19.3 Å². The first-order valence-corrected chi connectivity index (χ1v) is 7.27. The van der Waals surface area contributed by atoms with E-state index in [0.29, 0.717) is 17.5 Å². The molecule has 0 unspecified atom stereocenters. The fourth-order valence-corrected chi connectivity index (χ4v) is 2.99. The van der Waals surface area contributed by atoms with Crippen molar-refractivity contribution < 1.29 is 9.72 Å². The van der Waals surface area contributed by atoms with Gasteiger partial charge in [0.05, 0.1) is 11.0 Å². The number of hydrogen-bond acceptors (Lipinski definition) is 4. The highest BCUT2D eigenvalue weighted by Gasteiger charge is 2.23. The van der Waals surface area contributed by atoms with Crippen molar-refractivity contribution in [1.29, 1.82) is 0 Å². The molecule has 1 aliphatic rings. The van der Waals surface area contributed by atoms with Crippen molar-refractivity contribution in [2.75, 3.05) is 5.32 Å². The average molecular weight is 296 g/mol. The molecule has 0 saturated heterocycles. The lowest BCUT2D eigenvalue weighted by Crippen LogP contribution is -2.17. The Balaban J connectivity index is 1.94. The molecule has 0 amide bonds. The molecule has 1 aliphatic carbocycles. The third kappa shape index (κ3) is 2.70. The van der Waals surface area contributed by atoms with Crippen molar-refractivity contribution in [3.63, 3.8) is 0 Å². The molecule has 0 aliphatic heterocycles. The third-order valence-corrected chi connectivity index (χ3v) is 4.05. The van der Waals surface area contributed by atoms with Gasteiger partial charge in [0.2, 0.25) is 0 Å². The Hall–Kier alpha value is -2.69. The molecule has 3 rings (SSSR count). The highest BCUT2D eigenvalue weighted by molar-refractivity contribution is 5.79. The Bertz CT molecular complexity index is 728. The number of carbonyl (C=O) groups is 1. The number of rotatable bonds is 4. The number of hydrogen-bond donors (Lipinski definition) is 1. The van der Waals surface area contributed by atoms with Gasteiger partial charge < -0.3 is 5.32 Å². The molecule has 0 saturated carbocycles. The van der Waals surface area contributed by atoms with E-state index >= 15 is 0 Å². The number of carbonyl (C=O) groups excluding carboxylic acids is 1. The summed E-state index contributed by atoms with van der Waals surface area (Å²) in [6, 6.07) is 12.8. The minimum absolute atomic E-state index is 0.0609. The summed E-state index contributed by atoms with van der Waals surface area (Å²) in [5, 5.41) is 14.5. The van der Waals surface area contributed by atoms with Gasteiger partial charge in [0, 0.05) is 11.6 Å². The Kier molecular flexibility index (Phi) is 3.87. The van der Waals surface area contributed by atoms with Gasteiger partial charge in [-0.05, 0) is 42.5 Å². The van der Waals surface area contributed by atoms with E-state index in [2.05, 4.69) is 17.4 Å². The van der Waals surface area contributed by atoms with Crippen molar-refractivity contribution in [1.82, 2.24) is 0 Å². The van der Waals surface area contributed by atoms with E-state index in [9.17, 15) is 14.9 Å². The highest BCUT2D eigenvalue weighted by atomic mass is 16.6. The molecule has 0 fully saturated rings. The molecule has 5 nitrogen and oxygen atoms in total. The molecule has 2 aromatic carbocycles. The standard InChI is InChI=1S/C17H16N2O3/c20-11-12-8-9-16(17(10-12)19(21)22)18-15-7-3-5-13-4-1-2-6-14(13)15/h1-2,4,6,8-11,15,18H,3,5,7H2/t15-/m0/s1. The number of aryl methyl sites for hydroxylation is 1. The molecule has 2 aromatic rings. The van der Waals surface area contributed by atoms with Crippen molar-refractivity contribution in [3.8, 4) is 0 Å². The largest absolute Gasteiger partial charge is 0.373 e. The summed E-state index contributed by atoms with van der Waals surface area (Å²) in [5.74, 6) is 0. The van der Waals surface area contributed by atoms with Gasteiger partial charge in [-0.15, -0.1) is 0 Å². The van der Waals surface area contributed by atoms with E-state index in [1.165, 1.54) is 17.2 Å². The SMILES string of the molecule is O=Cc1ccc(N[C@H]2CCCc3ccccc32)c([N+](=O)[O-])c1. The molecule has 0 aromatic heterocycles. The van der Waals surface area contributed by atoms with E-state index in [1.54, 1.807) is 12.1 Å². The Labute approximate surface area is 128 Å². The van der Waals surface area contributed by atoms with Crippen LogP contribution in [-0.4, -0.2) is 11.2 Å². The van der Waals surface area contributed by atoms with E-state index < -0.39 is 4.92 Å². The summed E-state index contributed by atoms with van der Waals surface area (Å²) in [6.07, 6.45) is 3.64. The second-order valence-corrected chi connectivity index (χ2v) is 5.44. The van der Waals surface area contributed by atoms with Gasteiger partial charge in [0.1, 0.15) is 12.0 Å².